The number of nitrogens with zero attached hydrogens (tertiary/aromatic N) is 2. The lowest BCUT2D eigenvalue weighted by Gasteiger charge is -2.19. The largest absolute Gasteiger partial charge is 0.486 e. The summed E-state index contributed by atoms with van der Waals surface area (Å²) in [6.45, 7) is 8.42. The molecule has 1 aliphatic rings. The van der Waals surface area contributed by atoms with Crippen LogP contribution in [0.2, 0.25) is 0 Å². The Hall–Kier alpha value is -1.75. The second-order valence-corrected chi connectivity index (χ2v) is 5.75. The Labute approximate surface area is 118 Å². The zero-order valence-corrected chi connectivity index (χ0v) is 12.2. The molecule has 3 rings (SSSR count). The molecule has 5 heteroatoms. The van der Waals surface area contributed by atoms with E-state index in [1.807, 2.05) is 19.1 Å². The van der Waals surface area contributed by atoms with E-state index in [2.05, 4.69) is 23.4 Å². The average molecular weight is 275 g/mol. The van der Waals surface area contributed by atoms with Crippen molar-refractivity contribution in [1.82, 2.24) is 9.55 Å². The van der Waals surface area contributed by atoms with Crippen LogP contribution in [0.1, 0.15) is 32.6 Å². The summed E-state index contributed by atoms with van der Waals surface area (Å²) >= 11 is 0. The zero-order chi connectivity index (χ0) is 14.3. The van der Waals surface area contributed by atoms with Gasteiger partial charge in [0.1, 0.15) is 19.0 Å². The minimum atomic E-state index is -0.0972. The Kier molecular flexibility index (Phi) is 3.30. The highest BCUT2D eigenvalue weighted by Gasteiger charge is 2.19. The Morgan fingerprint density at radius 2 is 1.85 bits per heavy atom. The highest BCUT2D eigenvalue weighted by Crippen LogP contribution is 2.35. The van der Waals surface area contributed by atoms with Crippen LogP contribution in [0.5, 0.6) is 11.5 Å². The number of hydrogen-bond donors (Lipinski definition) is 1. The van der Waals surface area contributed by atoms with Crippen molar-refractivity contribution in [2.24, 2.45) is 11.7 Å². The molecule has 1 aromatic carbocycles. The van der Waals surface area contributed by atoms with Gasteiger partial charge in [0.15, 0.2) is 11.5 Å². The van der Waals surface area contributed by atoms with E-state index in [9.17, 15) is 0 Å². The minimum Gasteiger partial charge on any atom is -0.486 e. The molecule has 0 fully saturated rings. The maximum absolute atomic E-state index is 6.06. The molecule has 2 aromatic rings. The predicted molar refractivity (Wildman–Crippen MR) is 78.2 cm³/mol. The molecule has 1 atom stereocenters. The van der Waals surface area contributed by atoms with Crippen LogP contribution in [0.25, 0.3) is 11.0 Å². The van der Waals surface area contributed by atoms with Crippen molar-refractivity contribution in [3.05, 3.63) is 18.0 Å². The van der Waals surface area contributed by atoms with E-state index in [1.165, 1.54) is 0 Å². The second kappa shape index (κ2) is 4.98. The van der Waals surface area contributed by atoms with E-state index < -0.39 is 0 Å². The van der Waals surface area contributed by atoms with Gasteiger partial charge in [-0.3, -0.25) is 0 Å². The molecule has 2 N–H and O–H groups in total. The van der Waals surface area contributed by atoms with Gasteiger partial charge >= 0.3 is 0 Å². The van der Waals surface area contributed by atoms with Crippen LogP contribution in [-0.2, 0) is 6.54 Å². The Balaban J connectivity index is 2.18. The van der Waals surface area contributed by atoms with Gasteiger partial charge in [0, 0.05) is 18.7 Å². The fourth-order valence-electron chi connectivity index (χ4n) is 2.58. The normalized spacial score (nSPS) is 15.8. The maximum atomic E-state index is 6.06. The molecule has 0 saturated heterocycles. The number of nitrogens with two attached hydrogens (primary N) is 1. The van der Waals surface area contributed by atoms with Crippen LogP contribution in [-0.4, -0.2) is 22.8 Å². The summed E-state index contributed by atoms with van der Waals surface area (Å²) in [7, 11) is 0. The lowest BCUT2D eigenvalue weighted by Crippen LogP contribution is -2.16. The maximum Gasteiger partial charge on any atom is 0.163 e. The van der Waals surface area contributed by atoms with Crippen LogP contribution in [0.3, 0.4) is 0 Å². The lowest BCUT2D eigenvalue weighted by atomic mass is 10.2. The number of hydrogen-bond acceptors (Lipinski definition) is 4. The quantitative estimate of drug-likeness (QED) is 0.934. The Morgan fingerprint density at radius 3 is 2.45 bits per heavy atom. The molecule has 5 nitrogen and oxygen atoms in total. The number of imidazole rings is 1. The van der Waals surface area contributed by atoms with Crippen molar-refractivity contribution >= 4 is 11.0 Å². The van der Waals surface area contributed by atoms with Gasteiger partial charge in [-0.2, -0.15) is 0 Å². The van der Waals surface area contributed by atoms with E-state index in [4.69, 9.17) is 15.2 Å². The highest BCUT2D eigenvalue weighted by atomic mass is 16.6. The SMILES string of the molecule is CC(C)Cn1c(C(C)N)nc2cc3c(cc21)OCCO3. The van der Waals surface area contributed by atoms with Crippen LogP contribution < -0.4 is 15.2 Å². The number of ether oxygens (including phenoxy) is 2. The third kappa shape index (κ3) is 2.22. The molecule has 20 heavy (non-hydrogen) atoms. The fraction of sp³-hybridized carbons (Fsp3) is 0.533. The average Bonchev–Trinajstić information content (AvgIpc) is 2.74. The summed E-state index contributed by atoms with van der Waals surface area (Å²) in [6.07, 6.45) is 0. The van der Waals surface area contributed by atoms with E-state index in [-0.39, 0.29) is 6.04 Å². The second-order valence-electron chi connectivity index (χ2n) is 5.75. The van der Waals surface area contributed by atoms with Gasteiger partial charge in [-0.1, -0.05) is 13.8 Å². The predicted octanol–water partition coefficient (Wildman–Crippen LogP) is 2.48. The van der Waals surface area contributed by atoms with Gasteiger partial charge < -0.3 is 19.8 Å². The number of fused-ring (bicyclic) bond motifs is 2. The van der Waals surface area contributed by atoms with E-state index in [0.29, 0.717) is 19.1 Å². The highest BCUT2D eigenvalue weighted by molar-refractivity contribution is 5.81. The smallest absolute Gasteiger partial charge is 0.163 e. The Morgan fingerprint density at radius 1 is 1.20 bits per heavy atom. The van der Waals surface area contributed by atoms with Crippen LogP contribution in [0.4, 0.5) is 0 Å². The molecule has 0 amide bonds. The monoisotopic (exact) mass is 275 g/mol. The van der Waals surface area contributed by atoms with Gasteiger partial charge in [-0.25, -0.2) is 4.98 Å². The van der Waals surface area contributed by atoms with Gasteiger partial charge in [0.2, 0.25) is 0 Å². The molecule has 1 aliphatic heterocycles. The molecule has 0 spiro atoms. The topological polar surface area (TPSA) is 62.3 Å². The first kappa shape index (κ1) is 13.2. The fourth-order valence-corrected chi connectivity index (χ4v) is 2.58. The van der Waals surface area contributed by atoms with Crippen LogP contribution >= 0.6 is 0 Å². The molecule has 2 heterocycles. The first-order valence-corrected chi connectivity index (χ1v) is 7.11. The molecule has 1 unspecified atom stereocenters. The van der Waals surface area contributed by atoms with Crippen molar-refractivity contribution in [3.63, 3.8) is 0 Å². The molecule has 0 bridgehead atoms. The Bertz CT molecular complexity index is 632. The summed E-state index contributed by atoms with van der Waals surface area (Å²) in [5.74, 6) is 3.01. The third-order valence-corrected chi connectivity index (χ3v) is 3.40. The molecule has 0 aliphatic carbocycles. The standard InChI is InChI=1S/C15H21N3O2/c1-9(2)8-18-12-7-14-13(19-4-5-20-14)6-11(12)17-15(18)10(3)16/h6-7,9-10H,4-5,8,16H2,1-3H3. The molecular weight excluding hydrogens is 254 g/mol. The molecule has 108 valence electrons. The van der Waals surface area contributed by atoms with Crippen molar-refractivity contribution in [1.29, 1.82) is 0 Å². The van der Waals surface area contributed by atoms with Crippen molar-refractivity contribution in [2.45, 2.75) is 33.4 Å². The van der Waals surface area contributed by atoms with Crippen LogP contribution in [0, 0.1) is 5.92 Å². The molecular formula is C15H21N3O2. The lowest BCUT2D eigenvalue weighted by molar-refractivity contribution is 0.172. The third-order valence-electron chi connectivity index (χ3n) is 3.40. The van der Waals surface area contributed by atoms with E-state index in [1.54, 1.807) is 0 Å². The number of rotatable bonds is 3. The minimum absolute atomic E-state index is 0.0972. The van der Waals surface area contributed by atoms with Gasteiger partial charge in [0.05, 0.1) is 17.1 Å². The first-order chi connectivity index (χ1) is 9.56. The van der Waals surface area contributed by atoms with E-state index >= 15 is 0 Å². The molecule has 0 saturated carbocycles. The summed E-state index contributed by atoms with van der Waals surface area (Å²) < 4.78 is 13.5. The molecule has 0 radical (unpaired) electrons. The zero-order valence-electron chi connectivity index (χ0n) is 12.2. The summed E-state index contributed by atoms with van der Waals surface area (Å²) in [6, 6.07) is 3.87. The van der Waals surface area contributed by atoms with Crippen molar-refractivity contribution in [2.75, 3.05) is 13.2 Å². The summed E-state index contributed by atoms with van der Waals surface area (Å²) in [5, 5.41) is 0. The summed E-state index contributed by atoms with van der Waals surface area (Å²) in [4.78, 5) is 4.68. The van der Waals surface area contributed by atoms with Crippen LogP contribution in [0.15, 0.2) is 12.1 Å². The summed E-state index contributed by atoms with van der Waals surface area (Å²) in [5.41, 5.74) is 8.05. The first-order valence-electron chi connectivity index (χ1n) is 7.11. The van der Waals surface area contributed by atoms with Crippen molar-refractivity contribution < 1.29 is 9.47 Å². The van der Waals surface area contributed by atoms with Gasteiger partial charge in [0.25, 0.3) is 0 Å². The van der Waals surface area contributed by atoms with Crippen molar-refractivity contribution in [3.8, 4) is 11.5 Å². The van der Waals surface area contributed by atoms with Gasteiger partial charge in [-0.15, -0.1) is 0 Å². The number of benzene rings is 1. The number of aromatic nitrogens is 2. The van der Waals surface area contributed by atoms with E-state index in [0.717, 1.165) is 34.9 Å². The molecule has 1 aromatic heterocycles. The van der Waals surface area contributed by atoms with Gasteiger partial charge in [-0.05, 0) is 12.8 Å².